The maximum absolute atomic E-state index is 6.58. The lowest BCUT2D eigenvalue weighted by molar-refractivity contribution is -0.659. The third-order valence-corrected chi connectivity index (χ3v) is 6.09. The van der Waals surface area contributed by atoms with Gasteiger partial charge in [0.05, 0.1) is 5.56 Å². The molecule has 0 saturated carbocycles. The average Bonchev–Trinajstić information content (AvgIpc) is 3.29. The molecule has 0 spiro atoms. The molecule has 6 rings (SSSR count). The third kappa shape index (κ3) is 2.25. The lowest BCUT2D eigenvalue weighted by Gasteiger charge is -2.25. The van der Waals surface area contributed by atoms with Crippen molar-refractivity contribution in [3.63, 3.8) is 0 Å². The van der Waals surface area contributed by atoms with Crippen molar-refractivity contribution in [3.8, 4) is 22.8 Å². The molecule has 4 heteroatoms. The van der Waals surface area contributed by atoms with E-state index in [4.69, 9.17) is 13.6 Å². The van der Waals surface area contributed by atoms with Crippen LogP contribution in [-0.2, 0) is 13.5 Å². The van der Waals surface area contributed by atoms with Gasteiger partial charge in [-0.3, -0.25) is 0 Å². The van der Waals surface area contributed by atoms with Crippen molar-refractivity contribution in [1.29, 1.82) is 0 Å². The Morgan fingerprint density at radius 2 is 1.80 bits per heavy atom. The van der Waals surface area contributed by atoms with Gasteiger partial charge < -0.3 is 13.6 Å². The molecular formula is C26H24NO3+. The van der Waals surface area contributed by atoms with E-state index in [0.29, 0.717) is 0 Å². The Morgan fingerprint density at radius 3 is 2.60 bits per heavy atom. The van der Waals surface area contributed by atoms with Crippen LogP contribution in [0.1, 0.15) is 31.9 Å². The fourth-order valence-corrected chi connectivity index (χ4v) is 4.88. The predicted octanol–water partition coefficient (Wildman–Crippen LogP) is 6.83. The Labute approximate surface area is 174 Å². The number of hydrogen-bond donors (Lipinski definition) is 0. The first-order valence-electron chi connectivity index (χ1n) is 10.4. The number of rotatable bonds is 1. The largest absolute Gasteiger partial charge is 0.460 e. The number of furan rings is 2. The highest BCUT2D eigenvalue weighted by Crippen LogP contribution is 2.53. The van der Waals surface area contributed by atoms with E-state index in [1.807, 2.05) is 24.4 Å². The molecule has 0 N–H and O–H groups in total. The second-order valence-corrected chi connectivity index (χ2v) is 9.56. The summed E-state index contributed by atoms with van der Waals surface area (Å²) < 4.78 is 21.0. The molecule has 4 heterocycles. The molecule has 0 bridgehead atoms. The minimum absolute atomic E-state index is 0.0859. The predicted molar refractivity (Wildman–Crippen MR) is 118 cm³/mol. The number of hydrogen-bond acceptors (Lipinski definition) is 3. The van der Waals surface area contributed by atoms with Crippen LogP contribution in [0.5, 0.6) is 11.5 Å². The fourth-order valence-electron chi connectivity index (χ4n) is 4.88. The monoisotopic (exact) mass is 398 g/mol. The summed E-state index contributed by atoms with van der Waals surface area (Å²) >= 11 is 0. The van der Waals surface area contributed by atoms with Gasteiger partial charge in [-0.25, -0.2) is 0 Å². The molecule has 0 unspecified atom stereocenters. The molecule has 5 aromatic rings. The van der Waals surface area contributed by atoms with Crippen molar-refractivity contribution >= 4 is 32.9 Å². The molecule has 30 heavy (non-hydrogen) atoms. The van der Waals surface area contributed by atoms with Crippen LogP contribution in [0.2, 0.25) is 0 Å². The van der Waals surface area contributed by atoms with Gasteiger partial charge in [0.1, 0.15) is 35.6 Å². The van der Waals surface area contributed by atoms with Crippen LogP contribution in [0.4, 0.5) is 0 Å². The molecule has 0 aliphatic carbocycles. The highest BCUT2D eigenvalue weighted by molar-refractivity contribution is 6.12. The van der Waals surface area contributed by atoms with Crippen molar-refractivity contribution in [3.05, 3.63) is 53.9 Å². The highest BCUT2D eigenvalue weighted by Gasteiger charge is 2.36. The van der Waals surface area contributed by atoms with E-state index in [-0.39, 0.29) is 5.41 Å². The van der Waals surface area contributed by atoms with Gasteiger partial charge in [0.25, 0.3) is 0 Å². The van der Waals surface area contributed by atoms with Crippen molar-refractivity contribution < 1.29 is 18.1 Å². The van der Waals surface area contributed by atoms with Gasteiger partial charge in [-0.1, -0.05) is 39.0 Å². The highest BCUT2D eigenvalue weighted by atomic mass is 16.5. The first kappa shape index (κ1) is 17.6. The second-order valence-electron chi connectivity index (χ2n) is 9.56. The van der Waals surface area contributed by atoms with E-state index < -0.39 is 0 Å². The van der Waals surface area contributed by atoms with Crippen LogP contribution >= 0.6 is 0 Å². The van der Waals surface area contributed by atoms with Gasteiger partial charge in [0.2, 0.25) is 5.69 Å². The van der Waals surface area contributed by atoms with Crippen LogP contribution in [0, 0.1) is 12.3 Å². The topological polar surface area (TPSA) is 39.4 Å². The van der Waals surface area contributed by atoms with Crippen molar-refractivity contribution in [2.45, 2.75) is 34.1 Å². The summed E-state index contributed by atoms with van der Waals surface area (Å²) in [5.74, 6) is 1.71. The van der Waals surface area contributed by atoms with Crippen LogP contribution in [0.15, 0.2) is 51.6 Å². The fraction of sp³-hybridized carbons (Fsp3) is 0.269. The number of ether oxygens (including phenoxy) is 1. The van der Waals surface area contributed by atoms with Gasteiger partial charge in [0.15, 0.2) is 17.5 Å². The molecule has 0 amide bonds. The SMILES string of the molecule is Cc1c2c(c(CC(C)(C)C)c3c1oc1ccccc13)Oc1coc3cc[n+](C)c-2c13. The minimum atomic E-state index is 0.0859. The van der Waals surface area contributed by atoms with Gasteiger partial charge in [-0.15, -0.1) is 0 Å². The molecule has 2 aromatic carbocycles. The van der Waals surface area contributed by atoms with Crippen LogP contribution in [-0.4, -0.2) is 0 Å². The molecule has 1 aliphatic heterocycles. The summed E-state index contributed by atoms with van der Waals surface area (Å²) in [5.41, 5.74) is 7.30. The van der Waals surface area contributed by atoms with E-state index in [1.54, 1.807) is 6.26 Å². The quantitative estimate of drug-likeness (QED) is 0.285. The molecular weight excluding hydrogens is 374 g/mol. The molecule has 4 nitrogen and oxygen atoms in total. The summed E-state index contributed by atoms with van der Waals surface area (Å²) in [4.78, 5) is 0. The van der Waals surface area contributed by atoms with Crippen molar-refractivity contribution in [2.24, 2.45) is 12.5 Å². The number of aromatic nitrogens is 1. The van der Waals surface area contributed by atoms with E-state index in [2.05, 4.69) is 51.4 Å². The van der Waals surface area contributed by atoms with Gasteiger partial charge >= 0.3 is 0 Å². The average molecular weight is 398 g/mol. The molecule has 0 saturated heterocycles. The number of benzene rings is 2. The van der Waals surface area contributed by atoms with Gasteiger partial charge in [-0.2, -0.15) is 4.57 Å². The zero-order valence-corrected chi connectivity index (χ0v) is 17.9. The second kappa shape index (κ2) is 5.66. The number of para-hydroxylation sites is 1. The van der Waals surface area contributed by atoms with Crippen LogP contribution in [0.3, 0.4) is 0 Å². The Bertz CT molecular complexity index is 1490. The van der Waals surface area contributed by atoms with E-state index in [1.165, 1.54) is 10.9 Å². The lowest BCUT2D eigenvalue weighted by Crippen LogP contribution is -2.31. The van der Waals surface area contributed by atoms with Crippen molar-refractivity contribution in [2.75, 3.05) is 0 Å². The number of nitrogens with zero attached hydrogens (tertiary/aromatic N) is 1. The molecule has 1 aliphatic rings. The van der Waals surface area contributed by atoms with E-state index >= 15 is 0 Å². The van der Waals surface area contributed by atoms with Gasteiger partial charge in [0, 0.05) is 28.0 Å². The van der Waals surface area contributed by atoms with Crippen molar-refractivity contribution in [1.82, 2.24) is 0 Å². The summed E-state index contributed by atoms with van der Waals surface area (Å²) in [6.45, 7) is 8.93. The van der Waals surface area contributed by atoms with E-state index in [0.717, 1.165) is 62.3 Å². The molecule has 150 valence electrons. The first-order valence-corrected chi connectivity index (χ1v) is 10.4. The van der Waals surface area contributed by atoms with Gasteiger partial charge in [-0.05, 0) is 24.8 Å². The lowest BCUT2D eigenvalue weighted by atomic mass is 9.83. The number of pyridine rings is 1. The number of fused-ring (bicyclic) bond motifs is 5. The third-order valence-electron chi connectivity index (χ3n) is 6.09. The van der Waals surface area contributed by atoms with Crippen LogP contribution in [0.25, 0.3) is 44.2 Å². The smallest absolute Gasteiger partial charge is 0.231 e. The molecule has 0 atom stereocenters. The zero-order valence-electron chi connectivity index (χ0n) is 17.9. The maximum Gasteiger partial charge on any atom is 0.231 e. The van der Waals surface area contributed by atoms with E-state index in [9.17, 15) is 0 Å². The molecule has 0 radical (unpaired) electrons. The summed E-state index contributed by atoms with van der Waals surface area (Å²) in [6, 6.07) is 10.3. The summed E-state index contributed by atoms with van der Waals surface area (Å²) in [7, 11) is 2.08. The summed E-state index contributed by atoms with van der Waals surface area (Å²) in [6.07, 6.45) is 4.65. The Morgan fingerprint density at radius 1 is 1.00 bits per heavy atom. The minimum Gasteiger partial charge on any atom is -0.460 e. The molecule has 3 aromatic heterocycles. The van der Waals surface area contributed by atoms with Crippen LogP contribution < -0.4 is 9.30 Å². The normalized spacial score (nSPS) is 13.2. The molecule has 0 fully saturated rings. The summed E-state index contributed by atoms with van der Waals surface area (Å²) in [5, 5.41) is 3.33. The Kier molecular flexibility index (Phi) is 3.32. The standard InChI is InChI=1S/C26H24NO3/c1-14-20-23-22-18(10-11-27(23)5)28-13-19(22)30-25(20)16(12-26(2,3)4)21-15-8-6-7-9-17(15)29-24(14)21/h6-11,13H,12H2,1-5H3/q+1. The Hall–Kier alpha value is -3.27. The Balaban J connectivity index is 1.84. The zero-order chi connectivity index (χ0) is 20.8. The number of aryl methyl sites for hydroxylation is 2. The first-order chi connectivity index (χ1) is 14.3. The maximum atomic E-state index is 6.58.